The third kappa shape index (κ3) is 3.37. The number of aliphatic hydroxyl groups is 1. The number of hydrogen-bond donors (Lipinski definition) is 1. The molecule has 0 spiro atoms. The van der Waals surface area contributed by atoms with E-state index in [4.69, 9.17) is 4.11 Å². The summed E-state index contributed by atoms with van der Waals surface area (Å²) in [5, 5.41) is 10.8. The molecule has 0 fully saturated rings. The van der Waals surface area contributed by atoms with E-state index in [1.807, 2.05) is 6.92 Å². The maximum atomic E-state index is 12.9. The second-order valence-electron chi connectivity index (χ2n) is 5.52. The van der Waals surface area contributed by atoms with Crippen LogP contribution in [0.3, 0.4) is 0 Å². The Morgan fingerprint density at radius 3 is 2.36 bits per heavy atom. The number of aryl methyl sites for hydroxylation is 1. The van der Waals surface area contributed by atoms with Gasteiger partial charge in [-0.2, -0.15) is 0 Å². The third-order valence-electron chi connectivity index (χ3n) is 3.70. The van der Waals surface area contributed by atoms with Crippen LogP contribution in [0.15, 0.2) is 71.0 Å². The van der Waals surface area contributed by atoms with Crippen molar-refractivity contribution in [1.29, 1.82) is 0 Å². The van der Waals surface area contributed by atoms with Crippen molar-refractivity contribution in [2.75, 3.05) is 0 Å². The maximum Gasteiger partial charge on any atom is 0.0887 e. The topological polar surface area (TPSA) is 37.3 Å². The lowest BCUT2D eigenvalue weighted by atomic mass is 9.82. The van der Waals surface area contributed by atoms with Gasteiger partial charge in [0.1, 0.15) is 0 Å². The summed E-state index contributed by atoms with van der Waals surface area (Å²) in [6.45, 7) is 4.54. The van der Waals surface area contributed by atoms with Crippen molar-refractivity contribution in [1.82, 2.24) is 0 Å². The lowest BCUT2D eigenvalue weighted by Gasteiger charge is -2.32. The molecule has 0 bridgehead atoms. The number of aliphatic hydroxyl groups excluding tert-OH is 1. The molecule has 2 nitrogen and oxygen atoms in total. The van der Waals surface area contributed by atoms with E-state index >= 15 is 0 Å². The minimum absolute atomic E-state index is 0.0206. The molecule has 0 heterocycles. The zero-order valence-corrected chi connectivity index (χ0v) is 13.6. The summed E-state index contributed by atoms with van der Waals surface area (Å²) < 4.78 is 36.8. The first kappa shape index (κ1) is 12.8. The lowest BCUT2D eigenvalue weighted by Crippen LogP contribution is -2.26. The van der Waals surface area contributed by atoms with Crippen LogP contribution in [0.25, 0.3) is 0 Å². The Morgan fingerprint density at radius 1 is 1.23 bits per heavy atom. The van der Waals surface area contributed by atoms with E-state index in [2.05, 4.69) is 6.58 Å². The molecule has 1 N–H and O–H groups in total. The van der Waals surface area contributed by atoms with Gasteiger partial charge in [-0.1, -0.05) is 68.4 Å². The van der Waals surface area contributed by atoms with Gasteiger partial charge < -0.3 is 5.11 Å². The summed E-state index contributed by atoms with van der Waals surface area (Å²) in [4.78, 5) is 0.444. The van der Waals surface area contributed by atoms with Crippen molar-refractivity contribution in [2.24, 2.45) is 5.41 Å². The van der Waals surface area contributed by atoms with Crippen LogP contribution in [0.2, 0.25) is 0 Å². The molecule has 0 radical (unpaired) electrons. The van der Waals surface area contributed by atoms with Gasteiger partial charge in [-0.25, -0.2) is 4.21 Å². The number of hydrogen-bond acceptors (Lipinski definition) is 2. The van der Waals surface area contributed by atoms with E-state index in [-0.39, 0.29) is 4.91 Å². The van der Waals surface area contributed by atoms with E-state index in [1.165, 1.54) is 6.92 Å². The molecule has 116 valence electrons. The molecule has 2 aromatic carbocycles. The average Bonchev–Trinajstić information content (AvgIpc) is 2.59. The van der Waals surface area contributed by atoms with Gasteiger partial charge in [-0.15, -0.1) is 0 Å². The quantitative estimate of drug-likeness (QED) is 0.889. The van der Waals surface area contributed by atoms with Crippen LogP contribution in [0.4, 0.5) is 0 Å². The highest BCUT2D eigenvalue weighted by molar-refractivity contribution is 7.89. The Morgan fingerprint density at radius 2 is 1.82 bits per heavy atom. The summed E-state index contributed by atoms with van der Waals surface area (Å²) in [7, 11) is -1.76. The van der Waals surface area contributed by atoms with Crippen LogP contribution < -0.4 is 0 Å². The highest BCUT2D eigenvalue weighted by Crippen LogP contribution is 2.41. The highest BCUT2D eigenvalue weighted by Gasteiger charge is 2.35. The summed E-state index contributed by atoms with van der Waals surface area (Å²) in [5.41, 5.74) is -0.304. The van der Waals surface area contributed by atoms with Crippen molar-refractivity contribution in [2.45, 2.75) is 31.7 Å². The molecule has 0 saturated carbocycles. The van der Waals surface area contributed by atoms with Crippen molar-refractivity contribution < 1.29 is 13.4 Å². The molecular formula is C19H22O2S. The fraction of sp³-hybridized carbons (Fsp3) is 0.263. The third-order valence-corrected chi connectivity index (χ3v) is 5.27. The summed E-state index contributed by atoms with van der Waals surface area (Å²) in [6, 6.07) is 15.5. The average molecular weight is 317 g/mol. The van der Waals surface area contributed by atoms with Crippen LogP contribution in [-0.2, 0) is 10.8 Å². The minimum Gasteiger partial charge on any atom is -0.387 e. The van der Waals surface area contributed by atoms with Gasteiger partial charge in [0.05, 0.1) is 16.9 Å². The van der Waals surface area contributed by atoms with Gasteiger partial charge in [0.2, 0.25) is 0 Å². The summed E-state index contributed by atoms with van der Waals surface area (Å²) in [6.07, 6.45) is -1.36. The molecule has 1 unspecified atom stereocenters. The molecular weight excluding hydrogens is 292 g/mol. The number of rotatable bonds is 5. The van der Waals surface area contributed by atoms with Crippen LogP contribution in [-0.4, -0.2) is 9.32 Å². The fourth-order valence-electron chi connectivity index (χ4n) is 2.12. The monoisotopic (exact) mass is 317 g/mol. The summed E-state index contributed by atoms with van der Waals surface area (Å²) >= 11 is 0. The molecule has 0 aliphatic rings. The van der Waals surface area contributed by atoms with Gasteiger partial charge in [0.15, 0.2) is 0 Å². The predicted octanol–water partition coefficient (Wildman–Crippen LogP) is 4.38. The SMILES string of the molecule is [2H]C([2H])([2H])[C@@](C)(C(=C)S(=O)c1ccc(C)cc1)[C@H](O)c1ccccc1. The second-order valence-corrected chi connectivity index (χ2v) is 7.02. The normalized spacial score (nSPS) is 19.1. The first-order valence-corrected chi connectivity index (χ1v) is 8.15. The molecule has 2 rings (SSSR count). The van der Waals surface area contributed by atoms with Crippen molar-refractivity contribution >= 4 is 10.8 Å². The fourth-order valence-corrected chi connectivity index (χ4v) is 3.28. The van der Waals surface area contributed by atoms with Gasteiger partial charge in [0.25, 0.3) is 0 Å². The Labute approximate surface area is 139 Å². The van der Waals surface area contributed by atoms with Crippen LogP contribution in [0, 0.1) is 12.3 Å². The molecule has 0 saturated heterocycles. The molecule has 0 aliphatic carbocycles. The minimum atomic E-state index is -2.58. The van der Waals surface area contributed by atoms with Crippen LogP contribution >= 0.6 is 0 Å². The predicted molar refractivity (Wildman–Crippen MR) is 91.9 cm³/mol. The molecule has 2 aromatic rings. The zero-order valence-electron chi connectivity index (χ0n) is 15.7. The molecule has 0 aliphatic heterocycles. The Balaban J connectivity index is 2.48. The maximum absolute atomic E-state index is 12.9. The van der Waals surface area contributed by atoms with Crippen molar-refractivity contribution in [3.8, 4) is 0 Å². The van der Waals surface area contributed by atoms with E-state index in [0.717, 1.165) is 5.56 Å². The van der Waals surface area contributed by atoms with E-state index in [0.29, 0.717) is 10.5 Å². The van der Waals surface area contributed by atoms with Gasteiger partial charge in [0, 0.05) is 19.3 Å². The zero-order chi connectivity index (χ0) is 18.8. The van der Waals surface area contributed by atoms with Gasteiger partial charge in [-0.05, 0) is 24.6 Å². The van der Waals surface area contributed by atoms with Crippen LogP contribution in [0.1, 0.15) is 35.1 Å². The molecule has 22 heavy (non-hydrogen) atoms. The van der Waals surface area contributed by atoms with E-state index in [1.54, 1.807) is 54.6 Å². The smallest absolute Gasteiger partial charge is 0.0887 e. The Kier molecular flexibility index (Phi) is 3.83. The first-order chi connectivity index (χ1) is 11.6. The lowest BCUT2D eigenvalue weighted by molar-refractivity contribution is 0.0795. The Bertz CT molecular complexity index is 770. The molecule has 3 atom stereocenters. The molecule has 0 amide bonds. The standard InChI is InChI=1S/C19H22O2S/c1-14-10-12-17(13-11-14)22(21)15(2)19(3,4)18(20)16-8-6-5-7-9-16/h5-13,18,20H,2H2,1,3-4H3/t18-,22?/m1/s1/i3D3/t18-,19-,22?. The van der Waals surface area contributed by atoms with Gasteiger partial charge in [-0.3, -0.25) is 0 Å². The van der Waals surface area contributed by atoms with E-state index in [9.17, 15) is 9.32 Å². The van der Waals surface area contributed by atoms with E-state index < -0.39 is 29.2 Å². The van der Waals surface area contributed by atoms with Crippen molar-refractivity contribution in [3.63, 3.8) is 0 Å². The Hall–Kier alpha value is -1.71. The highest BCUT2D eigenvalue weighted by atomic mass is 32.2. The number of benzene rings is 2. The molecule has 0 aromatic heterocycles. The summed E-state index contributed by atoms with van der Waals surface area (Å²) in [5.74, 6) is 0. The van der Waals surface area contributed by atoms with Crippen molar-refractivity contribution in [3.05, 3.63) is 77.2 Å². The second kappa shape index (κ2) is 6.59. The molecule has 3 heteroatoms. The first-order valence-electron chi connectivity index (χ1n) is 8.50. The van der Waals surface area contributed by atoms with Crippen LogP contribution in [0.5, 0.6) is 0 Å². The van der Waals surface area contributed by atoms with Gasteiger partial charge >= 0.3 is 0 Å². The largest absolute Gasteiger partial charge is 0.387 e.